The van der Waals surface area contributed by atoms with Crippen LogP contribution in [-0.4, -0.2) is 34.9 Å². The van der Waals surface area contributed by atoms with Gasteiger partial charge in [-0.05, 0) is 12.8 Å². The fraction of sp³-hybridized carbons (Fsp3) is 0.571. The molecule has 0 unspecified atom stereocenters. The maximum Gasteiger partial charge on any atom is 0.324 e. The Balaban J connectivity index is 2.31. The molecule has 3 N–H and O–H groups in total. The lowest BCUT2D eigenvalue weighted by atomic mass is 10.3. The monoisotopic (exact) mass is 201 g/mol. The molecule has 0 aliphatic carbocycles. The first-order valence-corrected chi connectivity index (χ1v) is 4.38. The summed E-state index contributed by atoms with van der Waals surface area (Å²) in [5.41, 5.74) is 5.27. The van der Waals surface area contributed by atoms with Gasteiger partial charge in [0.2, 0.25) is 5.91 Å². The first-order valence-electron chi connectivity index (χ1n) is 3.98. The third-order valence-electron chi connectivity index (χ3n) is 1.74. The van der Waals surface area contributed by atoms with Crippen molar-refractivity contribution < 1.29 is 9.59 Å². The Labute approximate surface area is 81.3 Å². The molecule has 0 aromatic carbocycles. The molecule has 0 atom stereocenters. The summed E-state index contributed by atoms with van der Waals surface area (Å²) >= 11 is 4.67. The predicted octanol–water partition coefficient (Wildman–Crippen LogP) is -0.396. The van der Waals surface area contributed by atoms with E-state index >= 15 is 0 Å². The van der Waals surface area contributed by atoms with Crippen LogP contribution in [0.4, 0.5) is 4.79 Å². The van der Waals surface area contributed by atoms with Gasteiger partial charge in [-0.1, -0.05) is 12.2 Å². The quantitative estimate of drug-likeness (QED) is 0.479. The van der Waals surface area contributed by atoms with E-state index in [1.54, 1.807) is 0 Å². The van der Waals surface area contributed by atoms with Crippen LogP contribution < -0.4 is 11.1 Å². The summed E-state index contributed by atoms with van der Waals surface area (Å²) < 4.78 is 0. The number of amides is 3. The highest BCUT2D eigenvalue weighted by Gasteiger charge is 2.27. The molecule has 13 heavy (non-hydrogen) atoms. The van der Waals surface area contributed by atoms with Crippen molar-refractivity contribution in [2.24, 2.45) is 5.73 Å². The maximum atomic E-state index is 11.0. The predicted molar refractivity (Wildman–Crippen MR) is 51.1 cm³/mol. The molecule has 5 nitrogen and oxygen atoms in total. The summed E-state index contributed by atoms with van der Waals surface area (Å²) in [6, 6.07) is -0.326. The maximum absolute atomic E-state index is 11.0. The Morgan fingerprint density at radius 3 is 2.77 bits per heavy atom. The van der Waals surface area contributed by atoms with Crippen molar-refractivity contribution in [3.8, 4) is 0 Å². The van der Waals surface area contributed by atoms with Gasteiger partial charge < -0.3 is 11.1 Å². The van der Waals surface area contributed by atoms with Gasteiger partial charge in [0.25, 0.3) is 0 Å². The topological polar surface area (TPSA) is 75.4 Å². The normalized spacial score (nSPS) is 16.2. The molecule has 1 heterocycles. The van der Waals surface area contributed by atoms with Crippen molar-refractivity contribution in [3.05, 3.63) is 0 Å². The lowest BCUT2D eigenvalue weighted by Crippen LogP contribution is -2.32. The third-order valence-corrected chi connectivity index (χ3v) is 1.95. The van der Waals surface area contributed by atoms with Crippen molar-refractivity contribution in [3.63, 3.8) is 0 Å². The zero-order valence-electron chi connectivity index (χ0n) is 7.08. The number of thiocarbonyl (C=S) groups is 1. The molecule has 1 fully saturated rings. The number of rotatable bonds is 4. The number of imide groups is 1. The van der Waals surface area contributed by atoms with Crippen molar-refractivity contribution >= 4 is 29.1 Å². The molecule has 0 radical (unpaired) electrons. The Bertz CT molecular complexity index is 238. The van der Waals surface area contributed by atoms with Crippen LogP contribution in [0.1, 0.15) is 12.8 Å². The van der Waals surface area contributed by atoms with Gasteiger partial charge in [-0.3, -0.25) is 9.69 Å². The van der Waals surface area contributed by atoms with Crippen LogP contribution in [0.2, 0.25) is 0 Å². The second-order valence-electron chi connectivity index (χ2n) is 2.77. The molecule has 1 saturated heterocycles. The van der Waals surface area contributed by atoms with Crippen LogP contribution in [0.25, 0.3) is 0 Å². The number of carbonyl (C=O) groups is 2. The van der Waals surface area contributed by atoms with Crippen LogP contribution >= 0.6 is 12.2 Å². The fourth-order valence-electron chi connectivity index (χ4n) is 1.09. The summed E-state index contributed by atoms with van der Waals surface area (Å²) in [5.74, 6) is -0.187. The first-order chi connectivity index (χ1) is 6.11. The molecule has 1 aliphatic heterocycles. The van der Waals surface area contributed by atoms with E-state index in [2.05, 4.69) is 17.5 Å². The summed E-state index contributed by atoms with van der Waals surface area (Å²) in [5, 5.41) is 2.43. The number of hydrogen-bond donors (Lipinski definition) is 2. The third kappa shape index (κ3) is 2.66. The van der Waals surface area contributed by atoms with Gasteiger partial charge in [0.1, 0.15) is 0 Å². The molecule has 0 bridgehead atoms. The van der Waals surface area contributed by atoms with E-state index in [9.17, 15) is 9.59 Å². The van der Waals surface area contributed by atoms with Gasteiger partial charge in [0, 0.05) is 6.54 Å². The molecular weight excluding hydrogens is 190 g/mol. The lowest BCUT2D eigenvalue weighted by Gasteiger charge is -2.10. The minimum absolute atomic E-state index is 0.103. The smallest absolute Gasteiger partial charge is 0.324 e. The number of hydrogen-bond acceptors (Lipinski definition) is 3. The largest absolute Gasteiger partial charge is 0.393 e. The average molecular weight is 201 g/mol. The standard InChI is InChI=1S/C7H11N3O2S/c8-5(13)2-1-3-10-6(11)4-9-7(10)12/h1-4H2,(H2,8,13)(H,9,12). The first kappa shape index (κ1) is 9.91. The molecule has 1 aliphatic rings. The second-order valence-corrected chi connectivity index (χ2v) is 3.30. The molecule has 0 aromatic rings. The molecule has 0 spiro atoms. The highest BCUT2D eigenvalue weighted by molar-refractivity contribution is 7.80. The Kier molecular flexibility index (Phi) is 3.18. The number of carbonyl (C=O) groups excluding carboxylic acids is 2. The number of urea groups is 1. The van der Waals surface area contributed by atoms with Gasteiger partial charge in [-0.15, -0.1) is 0 Å². The van der Waals surface area contributed by atoms with Crippen LogP contribution in [-0.2, 0) is 4.79 Å². The molecule has 3 amide bonds. The summed E-state index contributed by atoms with van der Waals surface area (Å²) in [7, 11) is 0. The van der Waals surface area contributed by atoms with Gasteiger partial charge >= 0.3 is 6.03 Å². The Morgan fingerprint density at radius 2 is 2.31 bits per heavy atom. The van der Waals surface area contributed by atoms with E-state index in [0.29, 0.717) is 24.4 Å². The zero-order chi connectivity index (χ0) is 9.84. The molecule has 6 heteroatoms. The van der Waals surface area contributed by atoms with Gasteiger partial charge in [0.05, 0.1) is 11.5 Å². The molecular formula is C7H11N3O2S. The Hall–Kier alpha value is -1.17. The Morgan fingerprint density at radius 1 is 1.62 bits per heavy atom. The van der Waals surface area contributed by atoms with E-state index in [1.165, 1.54) is 4.90 Å². The van der Waals surface area contributed by atoms with E-state index in [0.717, 1.165) is 0 Å². The van der Waals surface area contributed by atoms with E-state index in [4.69, 9.17) is 5.73 Å². The minimum atomic E-state index is -0.326. The van der Waals surface area contributed by atoms with Crippen LogP contribution in [0.3, 0.4) is 0 Å². The number of nitrogens with two attached hydrogens (primary N) is 1. The molecule has 0 aromatic heterocycles. The van der Waals surface area contributed by atoms with Crippen LogP contribution in [0, 0.1) is 0 Å². The number of nitrogens with one attached hydrogen (secondary N) is 1. The van der Waals surface area contributed by atoms with Crippen molar-refractivity contribution in [1.29, 1.82) is 0 Å². The van der Waals surface area contributed by atoms with Gasteiger partial charge in [0.15, 0.2) is 0 Å². The SMILES string of the molecule is NC(=S)CCCN1C(=O)CNC1=O. The van der Waals surface area contributed by atoms with Crippen molar-refractivity contribution in [1.82, 2.24) is 10.2 Å². The van der Waals surface area contributed by atoms with Gasteiger partial charge in [-0.2, -0.15) is 0 Å². The highest BCUT2D eigenvalue weighted by atomic mass is 32.1. The summed E-state index contributed by atoms with van der Waals surface area (Å²) in [6.45, 7) is 0.494. The lowest BCUT2D eigenvalue weighted by molar-refractivity contribution is -0.125. The molecule has 1 rings (SSSR count). The van der Waals surface area contributed by atoms with Crippen molar-refractivity contribution in [2.75, 3.05) is 13.1 Å². The minimum Gasteiger partial charge on any atom is -0.393 e. The second kappa shape index (κ2) is 4.18. The fourth-order valence-corrected chi connectivity index (χ4v) is 1.24. The molecule has 0 saturated carbocycles. The summed E-state index contributed by atoms with van der Waals surface area (Å²) in [6.07, 6.45) is 1.20. The van der Waals surface area contributed by atoms with Crippen LogP contribution in [0.15, 0.2) is 0 Å². The van der Waals surface area contributed by atoms with Gasteiger partial charge in [-0.25, -0.2) is 4.79 Å². The van der Waals surface area contributed by atoms with Crippen LogP contribution in [0.5, 0.6) is 0 Å². The van der Waals surface area contributed by atoms with E-state index < -0.39 is 0 Å². The summed E-state index contributed by atoms with van der Waals surface area (Å²) in [4.78, 5) is 23.6. The van der Waals surface area contributed by atoms with E-state index in [1.807, 2.05) is 0 Å². The van der Waals surface area contributed by atoms with Crippen molar-refractivity contribution in [2.45, 2.75) is 12.8 Å². The van der Waals surface area contributed by atoms with E-state index in [-0.39, 0.29) is 18.5 Å². The average Bonchev–Trinajstić information content (AvgIpc) is 2.34. The molecule has 72 valence electrons. The number of nitrogens with zero attached hydrogens (tertiary/aromatic N) is 1. The highest BCUT2D eigenvalue weighted by Crippen LogP contribution is 2.01. The zero-order valence-corrected chi connectivity index (χ0v) is 7.89.